The standard InChI is InChI=1S/C15H14ClNO2S/c1-11(18)15-13(16)9-6-10-14(15)17-20(2,19)12-7-4-3-5-8-12/h3-10H,2H2,1H3,(H,17,19). The van der Waals surface area contributed by atoms with Gasteiger partial charge in [-0.25, -0.2) is 4.21 Å². The molecule has 20 heavy (non-hydrogen) atoms. The van der Waals surface area contributed by atoms with Crippen LogP contribution in [0.4, 0.5) is 5.69 Å². The molecule has 1 N–H and O–H groups in total. The minimum atomic E-state index is -2.75. The Labute approximate surface area is 123 Å². The van der Waals surface area contributed by atoms with Crippen molar-refractivity contribution in [3.05, 3.63) is 59.1 Å². The Morgan fingerprint density at radius 1 is 1.15 bits per heavy atom. The van der Waals surface area contributed by atoms with Crippen molar-refractivity contribution in [2.24, 2.45) is 0 Å². The highest BCUT2D eigenvalue weighted by Crippen LogP contribution is 2.26. The summed E-state index contributed by atoms with van der Waals surface area (Å²) in [5.41, 5.74) is 0.746. The summed E-state index contributed by atoms with van der Waals surface area (Å²) in [5, 5.41) is 0.325. The van der Waals surface area contributed by atoms with Crippen LogP contribution in [0.3, 0.4) is 0 Å². The summed E-state index contributed by atoms with van der Waals surface area (Å²) in [6, 6.07) is 13.8. The molecule has 5 heteroatoms. The predicted octanol–water partition coefficient (Wildman–Crippen LogP) is 3.65. The van der Waals surface area contributed by atoms with Crippen LogP contribution in [0.25, 0.3) is 0 Å². The van der Waals surface area contributed by atoms with Gasteiger partial charge in [-0.2, -0.15) is 0 Å². The number of Topliss-reactive ketones (excluding diaryl/α,β-unsaturated/α-hetero) is 1. The quantitative estimate of drug-likeness (QED) is 0.692. The lowest BCUT2D eigenvalue weighted by Crippen LogP contribution is -2.15. The van der Waals surface area contributed by atoms with Crippen molar-refractivity contribution in [2.75, 3.05) is 4.72 Å². The van der Waals surface area contributed by atoms with Gasteiger partial charge >= 0.3 is 0 Å². The monoisotopic (exact) mass is 307 g/mol. The van der Waals surface area contributed by atoms with E-state index in [0.29, 0.717) is 21.2 Å². The van der Waals surface area contributed by atoms with Gasteiger partial charge in [0.1, 0.15) is 0 Å². The lowest BCUT2D eigenvalue weighted by atomic mass is 10.1. The highest BCUT2D eigenvalue weighted by atomic mass is 35.5. The minimum absolute atomic E-state index is 0.193. The van der Waals surface area contributed by atoms with Gasteiger partial charge in [0.25, 0.3) is 0 Å². The Hall–Kier alpha value is -1.78. The molecule has 2 aromatic carbocycles. The van der Waals surface area contributed by atoms with Crippen LogP contribution >= 0.6 is 11.6 Å². The maximum absolute atomic E-state index is 12.7. The topological polar surface area (TPSA) is 46.2 Å². The molecule has 2 rings (SSSR count). The van der Waals surface area contributed by atoms with E-state index < -0.39 is 9.71 Å². The molecule has 0 radical (unpaired) electrons. The van der Waals surface area contributed by atoms with Crippen molar-refractivity contribution in [1.29, 1.82) is 0 Å². The molecular formula is C15H14ClNO2S. The van der Waals surface area contributed by atoms with Gasteiger partial charge in [-0.15, -0.1) is 0 Å². The number of carbonyl (C=O) groups is 1. The van der Waals surface area contributed by atoms with Crippen LogP contribution in [0.5, 0.6) is 0 Å². The third-order valence-corrected chi connectivity index (χ3v) is 4.66. The average Bonchev–Trinajstić information content (AvgIpc) is 2.39. The first-order valence-electron chi connectivity index (χ1n) is 5.91. The Morgan fingerprint density at radius 3 is 2.40 bits per heavy atom. The van der Waals surface area contributed by atoms with Gasteiger partial charge in [0.05, 0.1) is 26.0 Å². The molecule has 1 atom stereocenters. The summed E-state index contributed by atoms with van der Waals surface area (Å²) in [4.78, 5) is 12.2. The number of anilines is 1. The zero-order valence-corrected chi connectivity index (χ0v) is 12.5. The zero-order chi connectivity index (χ0) is 14.8. The smallest absolute Gasteiger partial charge is 0.163 e. The number of hydrogen-bond donors (Lipinski definition) is 1. The van der Waals surface area contributed by atoms with Crippen LogP contribution < -0.4 is 4.72 Å². The molecule has 2 aromatic rings. The van der Waals surface area contributed by atoms with Gasteiger partial charge in [0, 0.05) is 4.90 Å². The molecular weight excluding hydrogens is 294 g/mol. The fourth-order valence-corrected chi connectivity index (χ4v) is 3.39. The van der Waals surface area contributed by atoms with E-state index in [4.69, 9.17) is 11.6 Å². The first-order chi connectivity index (χ1) is 9.42. The van der Waals surface area contributed by atoms with Crippen LogP contribution in [-0.2, 0) is 9.71 Å². The Morgan fingerprint density at radius 2 is 1.80 bits per heavy atom. The molecule has 0 saturated carbocycles. The Kier molecular flexibility index (Phi) is 4.16. The Balaban J connectivity index is 2.46. The summed E-state index contributed by atoms with van der Waals surface area (Å²) >= 11 is 6.03. The summed E-state index contributed by atoms with van der Waals surface area (Å²) in [6.45, 7) is 1.42. The van der Waals surface area contributed by atoms with Gasteiger partial charge in [-0.05, 0) is 37.1 Å². The molecule has 3 nitrogen and oxygen atoms in total. The second kappa shape index (κ2) is 5.69. The molecule has 104 valence electrons. The van der Waals surface area contributed by atoms with E-state index >= 15 is 0 Å². The van der Waals surface area contributed by atoms with Crippen LogP contribution in [0.1, 0.15) is 17.3 Å². The maximum atomic E-state index is 12.7. The lowest BCUT2D eigenvalue weighted by molar-refractivity contribution is 0.101. The highest BCUT2D eigenvalue weighted by Gasteiger charge is 2.15. The first kappa shape index (κ1) is 14.6. The summed E-state index contributed by atoms with van der Waals surface area (Å²) in [7, 11) is -2.75. The molecule has 0 aliphatic carbocycles. The average molecular weight is 308 g/mol. The van der Waals surface area contributed by atoms with E-state index in [-0.39, 0.29) is 5.78 Å². The molecule has 0 aliphatic heterocycles. The second-order valence-corrected chi connectivity index (χ2v) is 6.74. The Bertz CT molecular complexity index is 740. The molecule has 0 bridgehead atoms. The van der Waals surface area contributed by atoms with Crippen LogP contribution in [-0.4, -0.2) is 15.9 Å². The van der Waals surface area contributed by atoms with E-state index in [2.05, 4.69) is 10.6 Å². The first-order valence-corrected chi connectivity index (χ1v) is 8.02. The molecule has 0 fully saturated rings. The van der Waals surface area contributed by atoms with Gasteiger partial charge in [-0.1, -0.05) is 35.9 Å². The molecule has 0 aromatic heterocycles. The number of carbonyl (C=O) groups excluding carboxylic acids is 1. The number of nitrogens with one attached hydrogen (secondary N) is 1. The predicted molar refractivity (Wildman–Crippen MR) is 85.1 cm³/mol. The summed E-state index contributed by atoms with van der Waals surface area (Å²) in [5.74, 6) is 3.53. The fourth-order valence-electron chi connectivity index (χ4n) is 1.84. The minimum Gasteiger partial charge on any atom is -0.308 e. The van der Waals surface area contributed by atoms with Crippen LogP contribution in [0.15, 0.2) is 53.4 Å². The van der Waals surface area contributed by atoms with Gasteiger partial charge < -0.3 is 4.72 Å². The third-order valence-electron chi connectivity index (χ3n) is 2.76. The normalized spacial score (nSPS) is 13.5. The number of rotatable bonds is 4. The van der Waals surface area contributed by atoms with Crippen LogP contribution in [0, 0.1) is 0 Å². The number of ketones is 1. The summed E-state index contributed by atoms with van der Waals surface area (Å²) < 4.78 is 15.5. The largest absolute Gasteiger partial charge is 0.308 e. The number of hydrogen-bond acceptors (Lipinski definition) is 2. The SMILES string of the molecule is C=S(=O)(Nc1cccc(Cl)c1C(C)=O)c1ccccc1. The van der Waals surface area contributed by atoms with Gasteiger partial charge in [-0.3, -0.25) is 4.79 Å². The van der Waals surface area contributed by atoms with Crippen molar-refractivity contribution >= 4 is 38.6 Å². The highest BCUT2D eigenvalue weighted by molar-refractivity contribution is 8.01. The van der Waals surface area contributed by atoms with Crippen LogP contribution in [0.2, 0.25) is 5.02 Å². The fraction of sp³-hybridized carbons (Fsp3) is 0.0667. The van der Waals surface area contributed by atoms with Crippen molar-refractivity contribution in [1.82, 2.24) is 0 Å². The molecule has 1 unspecified atom stereocenters. The van der Waals surface area contributed by atoms with E-state index in [1.165, 1.54) is 6.92 Å². The molecule has 0 amide bonds. The van der Waals surface area contributed by atoms with Gasteiger partial charge in [0.15, 0.2) is 5.78 Å². The van der Waals surface area contributed by atoms with Crippen molar-refractivity contribution < 1.29 is 9.00 Å². The number of benzene rings is 2. The second-order valence-electron chi connectivity index (χ2n) is 4.31. The zero-order valence-electron chi connectivity index (χ0n) is 10.9. The van der Waals surface area contributed by atoms with Crippen molar-refractivity contribution in [3.8, 4) is 0 Å². The van der Waals surface area contributed by atoms with E-state index in [1.54, 1.807) is 42.5 Å². The molecule has 0 aliphatic rings. The third kappa shape index (κ3) is 3.03. The summed E-state index contributed by atoms with van der Waals surface area (Å²) in [6.07, 6.45) is 0. The molecule has 0 spiro atoms. The van der Waals surface area contributed by atoms with E-state index in [0.717, 1.165) is 0 Å². The molecule has 0 saturated heterocycles. The van der Waals surface area contributed by atoms with E-state index in [9.17, 15) is 9.00 Å². The maximum Gasteiger partial charge on any atom is 0.163 e. The van der Waals surface area contributed by atoms with Gasteiger partial charge in [0.2, 0.25) is 0 Å². The van der Waals surface area contributed by atoms with Crippen molar-refractivity contribution in [3.63, 3.8) is 0 Å². The lowest BCUT2D eigenvalue weighted by Gasteiger charge is -2.15. The number of halogens is 1. The molecule has 0 heterocycles. The van der Waals surface area contributed by atoms with Crippen molar-refractivity contribution in [2.45, 2.75) is 11.8 Å². The van der Waals surface area contributed by atoms with E-state index in [1.807, 2.05) is 6.07 Å².